The molecule has 0 aliphatic heterocycles. The van der Waals surface area contributed by atoms with Crippen LogP contribution in [0, 0.1) is 17.5 Å². The van der Waals surface area contributed by atoms with Gasteiger partial charge in [0.1, 0.15) is 11.6 Å². The second kappa shape index (κ2) is 4.26. The van der Waals surface area contributed by atoms with E-state index in [1.807, 2.05) is 0 Å². The molecule has 0 aliphatic carbocycles. The zero-order valence-corrected chi connectivity index (χ0v) is 7.61. The quantitative estimate of drug-likeness (QED) is 0.688. The van der Waals surface area contributed by atoms with Crippen molar-refractivity contribution in [3.63, 3.8) is 0 Å². The summed E-state index contributed by atoms with van der Waals surface area (Å²) in [6, 6.07) is 1.28. The van der Waals surface area contributed by atoms with E-state index in [0.29, 0.717) is 6.07 Å². The second-order valence-corrected chi connectivity index (χ2v) is 3.06. The number of carbonyl (C=O) groups excluding carboxylic acids is 1. The van der Waals surface area contributed by atoms with Crippen molar-refractivity contribution < 1.29 is 18.0 Å². The van der Waals surface area contributed by atoms with Gasteiger partial charge in [0.05, 0.1) is 0 Å². The van der Waals surface area contributed by atoms with E-state index in [-0.39, 0.29) is 24.2 Å². The third kappa shape index (κ3) is 2.58. The molecule has 4 heteroatoms. The van der Waals surface area contributed by atoms with E-state index in [0.717, 1.165) is 6.07 Å². The molecule has 0 spiro atoms. The maximum absolute atomic E-state index is 13.0. The fourth-order valence-electron chi connectivity index (χ4n) is 1.07. The summed E-state index contributed by atoms with van der Waals surface area (Å²) >= 11 is 0. The smallest absolute Gasteiger partial charge is 0.161 e. The summed E-state index contributed by atoms with van der Waals surface area (Å²) in [5.41, 5.74) is 0.0269. The number of hydrogen-bond acceptors (Lipinski definition) is 1. The molecule has 76 valence electrons. The Hall–Kier alpha value is -1.32. The SMILES string of the molecule is CC(=O)CCc1cc(F)c(F)cc1F. The van der Waals surface area contributed by atoms with Crippen LogP contribution >= 0.6 is 0 Å². The summed E-state index contributed by atoms with van der Waals surface area (Å²) in [5.74, 6) is -3.24. The van der Waals surface area contributed by atoms with Gasteiger partial charge in [0.2, 0.25) is 0 Å². The van der Waals surface area contributed by atoms with Crippen LogP contribution in [-0.2, 0) is 11.2 Å². The minimum Gasteiger partial charge on any atom is -0.300 e. The number of hydrogen-bond donors (Lipinski definition) is 0. The number of carbonyl (C=O) groups is 1. The fourth-order valence-corrected chi connectivity index (χ4v) is 1.07. The van der Waals surface area contributed by atoms with Gasteiger partial charge in [-0.15, -0.1) is 0 Å². The topological polar surface area (TPSA) is 17.1 Å². The molecule has 0 bridgehead atoms. The Morgan fingerprint density at radius 1 is 1.14 bits per heavy atom. The molecule has 0 radical (unpaired) electrons. The van der Waals surface area contributed by atoms with Crippen molar-refractivity contribution in [2.45, 2.75) is 19.8 Å². The average molecular weight is 202 g/mol. The van der Waals surface area contributed by atoms with Gasteiger partial charge in [0, 0.05) is 12.5 Å². The zero-order chi connectivity index (χ0) is 10.7. The molecule has 1 rings (SSSR count). The van der Waals surface area contributed by atoms with Gasteiger partial charge < -0.3 is 4.79 Å². The summed E-state index contributed by atoms with van der Waals surface area (Å²) in [6.07, 6.45) is 0.223. The van der Waals surface area contributed by atoms with E-state index >= 15 is 0 Å². The Morgan fingerprint density at radius 3 is 2.29 bits per heavy atom. The zero-order valence-electron chi connectivity index (χ0n) is 7.61. The monoisotopic (exact) mass is 202 g/mol. The number of ketones is 1. The molecule has 0 aliphatic rings. The van der Waals surface area contributed by atoms with E-state index in [4.69, 9.17) is 0 Å². The maximum Gasteiger partial charge on any atom is 0.161 e. The minimum absolute atomic E-state index is 0.0269. The molecule has 0 heterocycles. The molecule has 0 aromatic heterocycles. The summed E-state index contributed by atoms with van der Waals surface area (Å²) in [6.45, 7) is 1.36. The van der Waals surface area contributed by atoms with Crippen LogP contribution in [0.2, 0.25) is 0 Å². The predicted molar refractivity (Wildman–Crippen MR) is 45.3 cm³/mol. The van der Waals surface area contributed by atoms with Crippen molar-refractivity contribution in [1.29, 1.82) is 0 Å². The van der Waals surface area contributed by atoms with Gasteiger partial charge in [0.15, 0.2) is 11.6 Å². The van der Waals surface area contributed by atoms with E-state index in [1.165, 1.54) is 6.92 Å². The van der Waals surface area contributed by atoms with Crippen LogP contribution < -0.4 is 0 Å². The molecule has 1 nitrogen and oxygen atoms in total. The molecular weight excluding hydrogens is 193 g/mol. The van der Waals surface area contributed by atoms with Crippen LogP contribution in [-0.4, -0.2) is 5.78 Å². The predicted octanol–water partition coefficient (Wildman–Crippen LogP) is 2.63. The first-order chi connectivity index (χ1) is 6.50. The molecule has 0 atom stereocenters. The van der Waals surface area contributed by atoms with E-state index in [9.17, 15) is 18.0 Å². The molecule has 14 heavy (non-hydrogen) atoms. The Morgan fingerprint density at radius 2 is 1.71 bits per heavy atom. The van der Waals surface area contributed by atoms with E-state index in [2.05, 4.69) is 0 Å². The van der Waals surface area contributed by atoms with Crippen LogP contribution in [0.1, 0.15) is 18.9 Å². The second-order valence-electron chi connectivity index (χ2n) is 3.06. The lowest BCUT2D eigenvalue weighted by molar-refractivity contribution is -0.116. The third-order valence-corrected chi connectivity index (χ3v) is 1.84. The van der Waals surface area contributed by atoms with Crippen LogP contribution in [0.25, 0.3) is 0 Å². The highest BCUT2D eigenvalue weighted by molar-refractivity contribution is 5.75. The number of benzene rings is 1. The highest BCUT2D eigenvalue weighted by Crippen LogP contribution is 2.15. The Bertz CT molecular complexity index is 361. The Labute approximate surface area is 79.5 Å². The number of halogens is 3. The van der Waals surface area contributed by atoms with Crippen molar-refractivity contribution in [3.05, 3.63) is 35.1 Å². The molecule has 0 N–H and O–H groups in total. The van der Waals surface area contributed by atoms with Crippen LogP contribution in [0.4, 0.5) is 13.2 Å². The first-order valence-electron chi connectivity index (χ1n) is 4.13. The average Bonchev–Trinajstić information content (AvgIpc) is 2.09. The largest absolute Gasteiger partial charge is 0.300 e. The molecule has 0 amide bonds. The lowest BCUT2D eigenvalue weighted by atomic mass is 10.1. The third-order valence-electron chi connectivity index (χ3n) is 1.84. The lowest BCUT2D eigenvalue weighted by Gasteiger charge is -2.02. The number of aryl methyl sites for hydroxylation is 1. The number of Topliss-reactive ketones (excluding diaryl/α,β-unsaturated/α-hetero) is 1. The summed E-state index contributed by atoms with van der Waals surface area (Å²) in [7, 11) is 0. The van der Waals surface area contributed by atoms with Crippen molar-refractivity contribution in [2.75, 3.05) is 0 Å². The summed E-state index contributed by atoms with van der Waals surface area (Å²) in [5, 5.41) is 0. The van der Waals surface area contributed by atoms with Gasteiger partial charge in [0.25, 0.3) is 0 Å². The Kier molecular flexibility index (Phi) is 3.28. The van der Waals surface area contributed by atoms with E-state index < -0.39 is 17.5 Å². The van der Waals surface area contributed by atoms with Crippen LogP contribution in [0.3, 0.4) is 0 Å². The molecule has 0 fully saturated rings. The minimum atomic E-state index is -1.21. The molecule has 1 aromatic rings. The van der Waals surface area contributed by atoms with Crippen LogP contribution in [0.5, 0.6) is 0 Å². The van der Waals surface area contributed by atoms with Crippen molar-refractivity contribution in [1.82, 2.24) is 0 Å². The fraction of sp³-hybridized carbons (Fsp3) is 0.300. The van der Waals surface area contributed by atoms with Crippen molar-refractivity contribution >= 4 is 5.78 Å². The number of rotatable bonds is 3. The van der Waals surface area contributed by atoms with Crippen LogP contribution in [0.15, 0.2) is 12.1 Å². The standard InChI is InChI=1S/C10H9F3O/c1-6(14)2-3-7-4-9(12)10(13)5-8(7)11/h4-5H,2-3H2,1H3. The highest BCUT2D eigenvalue weighted by Gasteiger charge is 2.09. The van der Waals surface area contributed by atoms with Gasteiger partial charge >= 0.3 is 0 Å². The van der Waals surface area contributed by atoms with Gasteiger partial charge in [-0.3, -0.25) is 0 Å². The van der Waals surface area contributed by atoms with Gasteiger partial charge in [-0.05, 0) is 25.0 Å². The van der Waals surface area contributed by atoms with E-state index in [1.54, 1.807) is 0 Å². The highest BCUT2D eigenvalue weighted by atomic mass is 19.2. The van der Waals surface area contributed by atoms with Crippen molar-refractivity contribution in [3.8, 4) is 0 Å². The molecule has 0 saturated carbocycles. The normalized spacial score (nSPS) is 10.3. The van der Waals surface area contributed by atoms with Gasteiger partial charge in [-0.2, -0.15) is 0 Å². The maximum atomic E-state index is 13.0. The van der Waals surface area contributed by atoms with Gasteiger partial charge in [-0.25, -0.2) is 13.2 Å². The summed E-state index contributed by atoms with van der Waals surface area (Å²) in [4.78, 5) is 10.6. The van der Waals surface area contributed by atoms with Gasteiger partial charge in [-0.1, -0.05) is 0 Å². The van der Waals surface area contributed by atoms with Crippen molar-refractivity contribution in [2.24, 2.45) is 0 Å². The Balaban J connectivity index is 2.87. The molecule has 1 aromatic carbocycles. The molecule has 0 saturated heterocycles. The molecule has 0 unspecified atom stereocenters. The summed E-state index contributed by atoms with van der Waals surface area (Å²) < 4.78 is 38.1. The molecular formula is C10H9F3O. The first kappa shape index (κ1) is 10.8. The lowest BCUT2D eigenvalue weighted by Crippen LogP contribution is -1.99. The first-order valence-corrected chi connectivity index (χ1v) is 4.13.